The molecule has 0 spiro atoms. The van der Waals surface area contributed by atoms with Gasteiger partial charge < -0.3 is 9.64 Å². The molecule has 1 saturated heterocycles. The van der Waals surface area contributed by atoms with Crippen molar-refractivity contribution >= 4 is 28.7 Å². The Morgan fingerprint density at radius 3 is 2.69 bits per heavy atom. The fourth-order valence-electron chi connectivity index (χ4n) is 4.04. The van der Waals surface area contributed by atoms with Gasteiger partial charge in [-0.3, -0.25) is 4.79 Å². The standard InChI is InChI=1S/C24H23N5O2S/c1-32-15-22(30)28-12-11-18(14-28)29-24-21(13-25-16-26-24)23(27-29)17-7-9-20(10-8-17)31-19-5-3-2-4-6-19/h2-10,13,16,18H,11-12,14-15H2,1H3/t18-/m1/s1. The van der Waals surface area contributed by atoms with E-state index in [0.29, 0.717) is 12.3 Å². The molecule has 2 aromatic carbocycles. The summed E-state index contributed by atoms with van der Waals surface area (Å²) < 4.78 is 7.87. The van der Waals surface area contributed by atoms with Gasteiger partial charge in [-0.05, 0) is 49.1 Å². The lowest BCUT2D eigenvalue weighted by molar-refractivity contribution is -0.127. The first-order chi connectivity index (χ1) is 15.7. The predicted molar refractivity (Wildman–Crippen MR) is 126 cm³/mol. The van der Waals surface area contributed by atoms with E-state index in [-0.39, 0.29) is 11.9 Å². The van der Waals surface area contributed by atoms with Crippen LogP contribution in [0.2, 0.25) is 0 Å². The number of likely N-dealkylation sites (tertiary alicyclic amines) is 1. The van der Waals surface area contributed by atoms with Gasteiger partial charge >= 0.3 is 0 Å². The van der Waals surface area contributed by atoms with Crippen LogP contribution in [0.25, 0.3) is 22.3 Å². The minimum atomic E-state index is 0.104. The first-order valence-electron chi connectivity index (χ1n) is 10.5. The van der Waals surface area contributed by atoms with Crippen LogP contribution in [0.4, 0.5) is 0 Å². The van der Waals surface area contributed by atoms with Crippen molar-refractivity contribution in [2.75, 3.05) is 25.1 Å². The van der Waals surface area contributed by atoms with Gasteiger partial charge in [0.1, 0.15) is 23.5 Å². The zero-order valence-electron chi connectivity index (χ0n) is 17.7. The van der Waals surface area contributed by atoms with Gasteiger partial charge in [0.15, 0.2) is 5.65 Å². The summed E-state index contributed by atoms with van der Waals surface area (Å²) in [4.78, 5) is 23.0. The maximum absolute atomic E-state index is 12.3. The van der Waals surface area contributed by atoms with Gasteiger partial charge in [0.25, 0.3) is 0 Å². The summed E-state index contributed by atoms with van der Waals surface area (Å²) in [6, 6.07) is 17.7. The number of amides is 1. The van der Waals surface area contributed by atoms with Crippen LogP contribution in [0.3, 0.4) is 0 Å². The van der Waals surface area contributed by atoms with Crippen molar-refractivity contribution < 1.29 is 9.53 Å². The molecule has 1 fully saturated rings. The normalized spacial score (nSPS) is 15.9. The SMILES string of the molecule is CSCC(=O)N1CC[C@@H](n2nc(-c3ccc(Oc4ccccc4)cc3)c3cncnc32)C1. The van der Waals surface area contributed by atoms with E-state index in [4.69, 9.17) is 9.84 Å². The first kappa shape index (κ1) is 20.5. The molecule has 4 aromatic rings. The van der Waals surface area contributed by atoms with Gasteiger partial charge in [-0.25, -0.2) is 14.6 Å². The van der Waals surface area contributed by atoms with Crippen LogP contribution in [0.1, 0.15) is 12.5 Å². The van der Waals surface area contributed by atoms with Crippen LogP contribution < -0.4 is 4.74 Å². The average Bonchev–Trinajstić information content (AvgIpc) is 3.46. The van der Waals surface area contributed by atoms with Crippen molar-refractivity contribution in [3.63, 3.8) is 0 Å². The molecule has 32 heavy (non-hydrogen) atoms. The number of hydrogen-bond acceptors (Lipinski definition) is 6. The molecule has 5 rings (SSSR count). The number of rotatable bonds is 6. The Morgan fingerprint density at radius 2 is 1.91 bits per heavy atom. The molecule has 8 heteroatoms. The lowest BCUT2D eigenvalue weighted by Crippen LogP contribution is -2.30. The summed E-state index contributed by atoms with van der Waals surface area (Å²) in [6.45, 7) is 1.40. The number of hydrogen-bond donors (Lipinski definition) is 0. The van der Waals surface area contributed by atoms with E-state index in [9.17, 15) is 4.79 Å². The molecule has 162 valence electrons. The summed E-state index contributed by atoms with van der Waals surface area (Å²) in [6.07, 6.45) is 6.17. The number of carbonyl (C=O) groups is 1. The molecule has 3 heterocycles. The van der Waals surface area contributed by atoms with Crippen LogP contribution in [0.5, 0.6) is 11.5 Å². The van der Waals surface area contributed by atoms with E-state index >= 15 is 0 Å². The summed E-state index contributed by atoms with van der Waals surface area (Å²) in [7, 11) is 0. The molecule has 2 aromatic heterocycles. The first-order valence-corrected chi connectivity index (χ1v) is 11.9. The summed E-state index contributed by atoms with van der Waals surface area (Å²) in [5, 5.41) is 5.83. The van der Waals surface area contributed by atoms with Gasteiger partial charge in [0.2, 0.25) is 5.91 Å². The monoisotopic (exact) mass is 445 g/mol. The van der Waals surface area contributed by atoms with Gasteiger partial charge in [-0.15, -0.1) is 0 Å². The van der Waals surface area contributed by atoms with Crippen molar-refractivity contribution in [3.05, 3.63) is 67.1 Å². The van der Waals surface area contributed by atoms with E-state index in [1.54, 1.807) is 24.3 Å². The fraction of sp³-hybridized carbons (Fsp3) is 0.250. The van der Waals surface area contributed by atoms with E-state index in [1.165, 1.54) is 0 Å². The number of ether oxygens (including phenoxy) is 1. The highest BCUT2D eigenvalue weighted by Crippen LogP contribution is 2.32. The van der Waals surface area contributed by atoms with Crippen LogP contribution in [0, 0.1) is 0 Å². The van der Waals surface area contributed by atoms with Gasteiger partial charge in [-0.1, -0.05) is 18.2 Å². The van der Waals surface area contributed by atoms with Crippen LogP contribution in [-0.2, 0) is 4.79 Å². The number of carbonyl (C=O) groups excluding carboxylic acids is 1. The molecule has 1 aliphatic rings. The third kappa shape index (κ3) is 4.05. The third-order valence-electron chi connectivity index (χ3n) is 5.61. The van der Waals surface area contributed by atoms with Crippen molar-refractivity contribution in [1.82, 2.24) is 24.6 Å². The Hall–Kier alpha value is -3.39. The highest BCUT2D eigenvalue weighted by molar-refractivity contribution is 7.99. The largest absolute Gasteiger partial charge is 0.457 e. The molecular weight excluding hydrogens is 422 g/mol. The Balaban J connectivity index is 1.42. The second-order valence-electron chi connectivity index (χ2n) is 7.71. The van der Waals surface area contributed by atoms with Crippen molar-refractivity contribution in [3.8, 4) is 22.8 Å². The fourth-order valence-corrected chi connectivity index (χ4v) is 4.47. The molecular formula is C24H23N5O2S. The minimum absolute atomic E-state index is 0.104. The van der Waals surface area contributed by atoms with Crippen LogP contribution in [0.15, 0.2) is 67.1 Å². The number of benzene rings is 2. The Bertz CT molecular complexity index is 1230. The molecule has 0 aliphatic carbocycles. The highest BCUT2D eigenvalue weighted by atomic mass is 32.2. The summed E-state index contributed by atoms with van der Waals surface area (Å²) >= 11 is 1.55. The second-order valence-corrected chi connectivity index (χ2v) is 8.57. The smallest absolute Gasteiger partial charge is 0.232 e. The zero-order chi connectivity index (χ0) is 21.9. The molecule has 0 saturated carbocycles. The van der Waals surface area contributed by atoms with Gasteiger partial charge in [-0.2, -0.15) is 16.9 Å². The number of thioether (sulfide) groups is 1. The van der Waals surface area contributed by atoms with Crippen molar-refractivity contribution in [1.29, 1.82) is 0 Å². The maximum atomic E-state index is 12.3. The number of nitrogens with zero attached hydrogens (tertiary/aromatic N) is 5. The third-order valence-corrected chi connectivity index (χ3v) is 6.14. The van der Waals surface area contributed by atoms with Gasteiger partial charge in [0.05, 0.1) is 17.2 Å². The molecule has 0 unspecified atom stereocenters. The van der Waals surface area contributed by atoms with E-state index in [1.807, 2.05) is 70.4 Å². The maximum Gasteiger partial charge on any atom is 0.232 e. The molecule has 1 amide bonds. The molecule has 0 bridgehead atoms. The number of para-hydroxylation sites is 1. The molecule has 0 radical (unpaired) electrons. The lowest BCUT2D eigenvalue weighted by atomic mass is 10.1. The minimum Gasteiger partial charge on any atom is -0.457 e. The lowest BCUT2D eigenvalue weighted by Gasteiger charge is -2.16. The molecule has 0 N–H and O–H groups in total. The van der Waals surface area contributed by atoms with E-state index < -0.39 is 0 Å². The zero-order valence-corrected chi connectivity index (χ0v) is 18.5. The summed E-state index contributed by atoms with van der Waals surface area (Å²) in [5.74, 6) is 2.25. The highest BCUT2D eigenvalue weighted by Gasteiger charge is 2.30. The number of fused-ring (bicyclic) bond motifs is 1. The summed E-state index contributed by atoms with van der Waals surface area (Å²) in [5.41, 5.74) is 2.60. The Labute approximate surface area is 190 Å². The quantitative estimate of drug-likeness (QED) is 0.437. The average molecular weight is 446 g/mol. The molecule has 1 atom stereocenters. The van der Waals surface area contributed by atoms with Crippen LogP contribution in [-0.4, -0.2) is 55.7 Å². The molecule has 1 aliphatic heterocycles. The van der Waals surface area contributed by atoms with Gasteiger partial charge in [0, 0.05) is 24.8 Å². The second kappa shape index (κ2) is 9.00. The number of aromatic nitrogens is 4. The van der Waals surface area contributed by atoms with E-state index in [2.05, 4.69) is 9.97 Å². The van der Waals surface area contributed by atoms with Crippen LogP contribution >= 0.6 is 11.8 Å². The Kier molecular flexibility index (Phi) is 5.77. The van der Waals surface area contributed by atoms with Crippen molar-refractivity contribution in [2.24, 2.45) is 0 Å². The van der Waals surface area contributed by atoms with E-state index in [0.717, 1.165) is 46.8 Å². The topological polar surface area (TPSA) is 73.1 Å². The Morgan fingerprint density at radius 1 is 1.12 bits per heavy atom. The van der Waals surface area contributed by atoms with Crippen molar-refractivity contribution in [2.45, 2.75) is 12.5 Å². The molecule has 7 nitrogen and oxygen atoms in total. The predicted octanol–water partition coefficient (Wildman–Crippen LogP) is 4.42.